The van der Waals surface area contributed by atoms with Gasteiger partial charge in [0, 0.05) is 42.7 Å². The Balaban J connectivity index is 1.32. The smallest absolute Gasteiger partial charge is 0.0537 e. The Hall–Kier alpha value is -2.46. The second kappa shape index (κ2) is 8.05. The highest BCUT2D eigenvalue weighted by molar-refractivity contribution is 5.26. The second-order valence-electron chi connectivity index (χ2n) is 7.68. The lowest BCUT2D eigenvalue weighted by Crippen LogP contribution is -2.32. The fourth-order valence-electron chi connectivity index (χ4n) is 3.94. The van der Waals surface area contributed by atoms with E-state index in [1.54, 1.807) is 0 Å². The van der Waals surface area contributed by atoms with Crippen LogP contribution in [0.2, 0.25) is 0 Å². The zero-order valence-electron chi connectivity index (χ0n) is 16.3. The van der Waals surface area contributed by atoms with Crippen molar-refractivity contribution in [2.24, 2.45) is 7.05 Å². The fourth-order valence-corrected chi connectivity index (χ4v) is 3.94. The summed E-state index contributed by atoms with van der Waals surface area (Å²) in [7, 11) is 2.01. The monoisotopic (exact) mass is 360 g/mol. The lowest BCUT2D eigenvalue weighted by molar-refractivity contribution is 0.203. The third kappa shape index (κ3) is 4.28. The predicted octanol–water partition coefficient (Wildman–Crippen LogP) is 4.09. The maximum Gasteiger partial charge on any atom is 0.0537 e. The van der Waals surface area contributed by atoms with Crippen molar-refractivity contribution >= 4 is 0 Å². The Morgan fingerprint density at radius 2 is 1.74 bits per heavy atom. The first-order chi connectivity index (χ1) is 13.2. The van der Waals surface area contributed by atoms with Crippen LogP contribution in [0.25, 0.3) is 0 Å². The number of piperidine rings is 1. The first-order valence-electron chi connectivity index (χ1n) is 9.87. The van der Waals surface area contributed by atoms with Crippen LogP contribution in [0.4, 0.5) is 0 Å². The highest BCUT2D eigenvalue weighted by Crippen LogP contribution is 2.28. The summed E-state index contributed by atoms with van der Waals surface area (Å²) in [6.45, 7) is 5.42. The summed E-state index contributed by atoms with van der Waals surface area (Å²) in [6, 6.07) is 15.1. The van der Waals surface area contributed by atoms with Gasteiger partial charge >= 0.3 is 0 Å². The summed E-state index contributed by atoms with van der Waals surface area (Å²) in [5.74, 6) is 0.585. The molecule has 1 saturated heterocycles. The molecule has 0 saturated carbocycles. The minimum absolute atomic E-state index is 0.585. The molecule has 0 radical (unpaired) electrons. The van der Waals surface area contributed by atoms with Gasteiger partial charge in [-0.3, -0.25) is 14.6 Å². The molecule has 1 aliphatic heterocycles. The molecule has 27 heavy (non-hydrogen) atoms. The number of aromatic nitrogens is 3. The third-order valence-corrected chi connectivity index (χ3v) is 5.84. The number of hydrogen-bond acceptors (Lipinski definition) is 3. The van der Waals surface area contributed by atoms with E-state index < -0.39 is 0 Å². The van der Waals surface area contributed by atoms with E-state index in [-0.39, 0.29) is 0 Å². The zero-order chi connectivity index (χ0) is 18.6. The molecule has 3 heterocycles. The van der Waals surface area contributed by atoms with Gasteiger partial charge in [0.25, 0.3) is 0 Å². The van der Waals surface area contributed by atoms with Crippen molar-refractivity contribution in [1.82, 2.24) is 19.7 Å². The van der Waals surface area contributed by atoms with Crippen LogP contribution in [0.5, 0.6) is 0 Å². The molecule has 1 fully saturated rings. The van der Waals surface area contributed by atoms with Crippen LogP contribution in [0.1, 0.15) is 46.8 Å². The summed E-state index contributed by atoms with van der Waals surface area (Å²) in [4.78, 5) is 7.34. The largest absolute Gasteiger partial charge is 0.299 e. The van der Waals surface area contributed by atoms with E-state index in [1.807, 2.05) is 17.9 Å². The standard InChI is InChI=1S/C23H28N4/c1-18-22(16-25-26(18)2)17-27-12-10-21(11-13-27)23-9-8-20(15-24-23)14-19-6-4-3-5-7-19/h3-9,15-16,21H,10-14,17H2,1-2H3. The molecule has 1 aromatic carbocycles. The van der Waals surface area contributed by atoms with Gasteiger partial charge in [0.05, 0.1) is 6.20 Å². The SMILES string of the molecule is Cc1c(CN2CCC(c3ccc(Cc4ccccc4)cn3)CC2)cnn1C. The van der Waals surface area contributed by atoms with Gasteiger partial charge in [-0.2, -0.15) is 5.10 Å². The van der Waals surface area contributed by atoms with Crippen molar-refractivity contribution in [3.8, 4) is 0 Å². The number of likely N-dealkylation sites (tertiary alicyclic amines) is 1. The molecular weight excluding hydrogens is 332 g/mol. The van der Waals surface area contributed by atoms with Crippen LogP contribution >= 0.6 is 0 Å². The van der Waals surface area contributed by atoms with E-state index >= 15 is 0 Å². The Morgan fingerprint density at radius 3 is 2.37 bits per heavy atom. The maximum atomic E-state index is 4.79. The van der Waals surface area contributed by atoms with Gasteiger partial charge in [-0.1, -0.05) is 36.4 Å². The Bertz CT molecular complexity index is 859. The predicted molar refractivity (Wildman–Crippen MR) is 109 cm³/mol. The van der Waals surface area contributed by atoms with E-state index in [4.69, 9.17) is 4.98 Å². The first kappa shape index (κ1) is 17.9. The van der Waals surface area contributed by atoms with E-state index in [9.17, 15) is 0 Å². The maximum absolute atomic E-state index is 4.79. The van der Waals surface area contributed by atoms with Crippen molar-refractivity contribution in [1.29, 1.82) is 0 Å². The highest BCUT2D eigenvalue weighted by Gasteiger charge is 2.22. The molecule has 4 nitrogen and oxygen atoms in total. The minimum Gasteiger partial charge on any atom is -0.299 e. The van der Waals surface area contributed by atoms with E-state index in [0.717, 1.165) is 26.1 Å². The molecule has 0 unspecified atom stereocenters. The van der Waals surface area contributed by atoms with E-state index in [2.05, 4.69) is 65.6 Å². The molecule has 3 aromatic rings. The Morgan fingerprint density at radius 1 is 0.963 bits per heavy atom. The number of pyridine rings is 1. The minimum atomic E-state index is 0.585. The summed E-state index contributed by atoms with van der Waals surface area (Å²) >= 11 is 0. The second-order valence-corrected chi connectivity index (χ2v) is 7.68. The van der Waals surface area contributed by atoms with Crippen LogP contribution in [-0.4, -0.2) is 32.8 Å². The lowest BCUT2D eigenvalue weighted by Gasteiger charge is -2.31. The zero-order valence-corrected chi connectivity index (χ0v) is 16.3. The van der Waals surface area contributed by atoms with Gasteiger partial charge in [-0.15, -0.1) is 0 Å². The van der Waals surface area contributed by atoms with Crippen molar-refractivity contribution in [2.75, 3.05) is 13.1 Å². The number of hydrogen-bond donors (Lipinski definition) is 0. The summed E-state index contributed by atoms with van der Waals surface area (Å²) in [6.07, 6.45) is 7.40. The normalized spacial score (nSPS) is 15.9. The van der Waals surface area contributed by atoms with Crippen molar-refractivity contribution in [3.05, 3.63) is 82.9 Å². The molecule has 0 bridgehead atoms. The average molecular weight is 361 g/mol. The fraction of sp³-hybridized carbons (Fsp3) is 0.391. The molecule has 0 atom stereocenters. The molecule has 4 heteroatoms. The summed E-state index contributed by atoms with van der Waals surface area (Å²) < 4.78 is 1.96. The van der Waals surface area contributed by atoms with Crippen LogP contribution in [-0.2, 0) is 20.0 Å². The lowest BCUT2D eigenvalue weighted by atomic mass is 9.92. The van der Waals surface area contributed by atoms with Gasteiger partial charge in [0.15, 0.2) is 0 Å². The van der Waals surface area contributed by atoms with E-state index in [0.29, 0.717) is 5.92 Å². The molecule has 0 aliphatic carbocycles. The van der Waals surface area contributed by atoms with Crippen molar-refractivity contribution < 1.29 is 0 Å². The number of rotatable bonds is 5. The van der Waals surface area contributed by atoms with Crippen LogP contribution in [0.15, 0.2) is 54.9 Å². The quantitative estimate of drug-likeness (QED) is 0.687. The third-order valence-electron chi connectivity index (χ3n) is 5.84. The molecule has 0 spiro atoms. The van der Waals surface area contributed by atoms with Crippen LogP contribution < -0.4 is 0 Å². The highest BCUT2D eigenvalue weighted by atomic mass is 15.3. The Labute approximate surface area is 161 Å². The molecule has 0 amide bonds. The molecule has 0 N–H and O–H groups in total. The number of nitrogens with zero attached hydrogens (tertiary/aromatic N) is 4. The van der Waals surface area contributed by atoms with Crippen molar-refractivity contribution in [2.45, 2.75) is 38.6 Å². The molecule has 1 aliphatic rings. The van der Waals surface area contributed by atoms with Gasteiger partial charge in [0.2, 0.25) is 0 Å². The average Bonchev–Trinajstić information content (AvgIpc) is 3.02. The number of aryl methyl sites for hydroxylation is 1. The van der Waals surface area contributed by atoms with Crippen LogP contribution in [0, 0.1) is 6.92 Å². The first-order valence-corrected chi connectivity index (χ1v) is 9.87. The summed E-state index contributed by atoms with van der Waals surface area (Å²) in [5.41, 5.74) is 6.50. The van der Waals surface area contributed by atoms with E-state index in [1.165, 1.54) is 40.9 Å². The topological polar surface area (TPSA) is 34.0 Å². The van der Waals surface area contributed by atoms with Gasteiger partial charge in [0.1, 0.15) is 0 Å². The Kier molecular flexibility index (Phi) is 5.35. The molecule has 4 rings (SSSR count). The number of benzene rings is 1. The van der Waals surface area contributed by atoms with Gasteiger partial charge < -0.3 is 0 Å². The molecule has 140 valence electrons. The summed E-state index contributed by atoms with van der Waals surface area (Å²) in [5, 5.41) is 4.36. The van der Waals surface area contributed by atoms with Gasteiger partial charge in [-0.05, 0) is 56.5 Å². The molecule has 2 aromatic heterocycles. The van der Waals surface area contributed by atoms with Crippen molar-refractivity contribution in [3.63, 3.8) is 0 Å². The van der Waals surface area contributed by atoms with Gasteiger partial charge in [-0.25, -0.2) is 0 Å². The molecular formula is C23H28N4. The van der Waals surface area contributed by atoms with Crippen LogP contribution in [0.3, 0.4) is 0 Å².